The molecule has 0 saturated heterocycles. The van der Waals surface area contributed by atoms with E-state index in [9.17, 15) is 9.59 Å². The van der Waals surface area contributed by atoms with Crippen molar-refractivity contribution >= 4 is 11.8 Å². The molecule has 0 atom stereocenters. The number of carbonyl (C=O) groups excluding carboxylic acids is 2. The van der Waals surface area contributed by atoms with E-state index in [1.807, 2.05) is 19.2 Å². The van der Waals surface area contributed by atoms with Gasteiger partial charge in [-0.2, -0.15) is 0 Å². The molecule has 5 heteroatoms. The van der Waals surface area contributed by atoms with Crippen molar-refractivity contribution in [2.24, 2.45) is 0 Å². The molecular weight excluding hydrogens is 266 g/mol. The van der Waals surface area contributed by atoms with Crippen LogP contribution < -0.4 is 0 Å². The van der Waals surface area contributed by atoms with E-state index in [0.29, 0.717) is 19.5 Å². The van der Waals surface area contributed by atoms with Crippen molar-refractivity contribution in [2.45, 2.75) is 39.7 Å². The third kappa shape index (κ3) is 6.38. The molecule has 5 nitrogen and oxygen atoms in total. The fourth-order valence-electron chi connectivity index (χ4n) is 2.00. The maximum Gasteiger partial charge on any atom is 0.224 e. The Bertz CT molecular complexity index is 448. The molecule has 0 spiro atoms. The van der Waals surface area contributed by atoms with E-state index in [-0.39, 0.29) is 11.8 Å². The largest absolute Gasteiger partial charge is 0.346 e. The maximum absolute atomic E-state index is 12.0. The Balaban J connectivity index is 2.48. The Labute approximate surface area is 127 Å². The summed E-state index contributed by atoms with van der Waals surface area (Å²) < 4.78 is 0. The topological polar surface area (TPSA) is 53.5 Å². The average molecular weight is 291 g/mol. The Kier molecular flexibility index (Phi) is 7.43. The molecule has 0 saturated carbocycles. The van der Waals surface area contributed by atoms with Gasteiger partial charge in [0.1, 0.15) is 0 Å². The molecule has 0 aliphatic rings. The van der Waals surface area contributed by atoms with Crippen LogP contribution in [0.4, 0.5) is 0 Å². The zero-order valence-electron chi connectivity index (χ0n) is 13.2. The van der Waals surface area contributed by atoms with Crippen LogP contribution in [0.3, 0.4) is 0 Å². The summed E-state index contributed by atoms with van der Waals surface area (Å²) in [6.45, 7) is 5.38. The van der Waals surface area contributed by atoms with E-state index in [4.69, 9.17) is 0 Å². The van der Waals surface area contributed by atoms with Gasteiger partial charge >= 0.3 is 0 Å². The van der Waals surface area contributed by atoms with E-state index in [1.54, 1.807) is 22.2 Å². The van der Waals surface area contributed by atoms with Gasteiger partial charge in [-0.1, -0.05) is 13.3 Å². The van der Waals surface area contributed by atoms with Crippen molar-refractivity contribution in [1.82, 2.24) is 14.8 Å². The molecule has 21 heavy (non-hydrogen) atoms. The molecule has 0 unspecified atom stereocenters. The van der Waals surface area contributed by atoms with Crippen molar-refractivity contribution in [1.29, 1.82) is 0 Å². The van der Waals surface area contributed by atoms with Crippen LogP contribution in [-0.2, 0) is 16.1 Å². The van der Waals surface area contributed by atoms with E-state index in [0.717, 1.165) is 24.9 Å². The van der Waals surface area contributed by atoms with Crippen LogP contribution in [0.1, 0.15) is 38.7 Å². The Morgan fingerprint density at radius 1 is 1.19 bits per heavy atom. The third-order valence-corrected chi connectivity index (χ3v) is 3.44. The van der Waals surface area contributed by atoms with Crippen LogP contribution >= 0.6 is 0 Å². The van der Waals surface area contributed by atoms with Crippen molar-refractivity contribution in [3.05, 3.63) is 30.1 Å². The summed E-state index contributed by atoms with van der Waals surface area (Å²) in [6, 6.07) is 3.76. The molecule has 1 aromatic rings. The van der Waals surface area contributed by atoms with Crippen LogP contribution in [0.25, 0.3) is 0 Å². The lowest BCUT2D eigenvalue weighted by Crippen LogP contribution is -2.34. The van der Waals surface area contributed by atoms with E-state index < -0.39 is 0 Å². The van der Waals surface area contributed by atoms with E-state index in [1.165, 1.54) is 6.92 Å². The number of carbonyl (C=O) groups is 2. The third-order valence-electron chi connectivity index (χ3n) is 3.44. The minimum Gasteiger partial charge on any atom is -0.346 e. The van der Waals surface area contributed by atoms with Gasteiger partial charge in [0.15, 0.2) is 0 Å². The van der Waals surface area contributed by atoms with Crippen molar-refractivity contribution in [3.8, 4) is 0 Å². The molecule has 0 bridgehead atoms. The molecule has 0 aliphatic carbocycles. The summed E-state index contributed by atoms with van der Waals surface area (Å²) in [6.07, 6.45) is 5.86. The first-order valence-corrected chi connectivity index (χ1v) is 7.43. The number of pyridine rings is 1. The minimum absolute atomic E-state index is 0.0178. The number of hydrogen-bond donors (Lipinski definition) is 0. The van der Waals surface area contributed by atoms with E-state index in [2.05, 4.69) is 11.9 Å². The Morgan fingerprint density at radius 3 is 2.43 bits per heavy atom. The standard InChI is InChI=1S/C16H25N3O2/c1-4-5-11-18(3)16(21)8-12-19(14(2)20)13-15-6-9-17-10-7-15/h6-7,9-10H,4-5,8,11-13H2,1-3H3. The Morgan fingerprint density at radius 2 is 1.86 bits per heavy atom. The molecular formula is C16H25N3O2. The van der Waals surface area contributed by atoms with Gasteiger partial charge in [0.05, 0.1) is 0 Å². The average Bonchev–Trinajstić information content (AvgIpc) is 2.49. The summed E-state index contributed by atoms with van der Waals surface area (Å²) in [7, 11) is 1.82. The molecule has 2 amide bonds. The van der Waals surface area contributed by atoms with Crippen LogP contribution in [-0.4, -0.2) is 46.7 Å². The quantitative estimate of drug-likeness (QED) is 0.737. The van der Waals surface area contributed by atoms with Crippen LogP contribution in [0.2, 0.25) is 0 Å². The molecule has 0 N–H and O–H groups in total. The summed E-state index contributed by atoms with van der Waals surface area (Å²) in [5.74, 6) is 0.0697. The fraction of sp³-hybridized carbons (Fsp3) is 0.562. The van der Waals surface area contributed by atoms with Crippen LogP contribution in [0, 0.1) is 0 Å². The smallest absolute Gasteiger partial charge is 0.224 e. The molecule has 1 heterocycles. The molecule has 1 aromatic heterocycles. The van der Waals surface area contributed by atoms with E-state index >= 15 is 0 Å². The van der Waals surface area contributed by atoms with Crippen molar-refractivity contribution in [3.63, 3.8) is 0 Å². The second kappa shape index (κ2) is 9.10. The second-order valence-electron chi connectivity index (χ2n) is 5.21. The zero-order chi connectivity index (χ0) is 15.7. The van der Waals surface area contributed by atoms with Gasteiger partial charge in [0.25, 0.3) is 0 Å². The number of nitrogens with zero attached hydrogens (tertiary/aromatic N) is 3. The molecule has 0 aromatic carbocycles. The second-order valence-corrected chi connectivity index (χ2v) is 5.21. The maximum atomic E-state index is 12.0. The summed E-state index contributed by atoms with van der Waals surface area (Å²) in [5.41, 5.74) is 1.02. The lowest BCUT2D eigenvalue weighted by atomic mass is 10.2. The van der Waals surface area contributed by atoms with Gasteiger partial charge in [-0.3, -0.25) is 14.6 Å². The predicted molar refractivity (Wildman–Crippen MR) is 82.5 cm³/mol. The highest BCUT2D eigenvalue weighted by Crippen LogP contribution is 2.05. The number of unbranched alkanes of at least 4 members (excludes halogenated alkanes) is 1. The lowest BCUT2D eigenvalue weighted by molar-refractivity contribution is -0.133. The van der Waals surface area contributed by atoms with Gasteiger partial charge in [-0.15, -0.1) is 0 Å². The summed E-state index contributed by atoms with van der Waals surface area (Å²) in [4.78, 5) is 31.1. The molecule has 0 fully saturated rings. The van der Waals surface area contributed by atoms with Gasteiger partial charge in [-0.25, -0.2) is 0 Å². The lowest BCUT2D eigenvalue weighted by Gasteiger charge is -2.23. The van der Waals surface area contributed by atoms with Gasteiger partial charge < -0.3 is 9.80 Å². The SMILES string of the molecule is CCCCN(C)C(=O)CCN(Cc1ccncc1)C(C)=O. The molecule has 116 valence electrons. The summed E-state index contributed by atoms with van der Waals surface area (Å²) in [5, 5.41) is 0. The molecule has 0 aliphatic heterocycles. The predicted octanol–water partition coefficient (Wildman–Crippen LogP) is 2.08. The highest BCUT2D eigenvalue weighted by molar-refractivity contribution is 5.78. The van der Waals surface area contributed by atoms with Crippen molar-refractivity contribution < 1.29 is 9.59 Å². The first-order valence-electron chi connectivity index (χ1n) is 7.43. The number of amides is 2. The highest BCUT2D eigenvalue weighted by atomic mass is 16.2. The minimum atomic E-state index is -0.0178. The first kappa shape index (κ1) is 17.1. The summed E-state index contributed by atoms with van der Waals surface area (Å²) >= 11 is 0. The monoisotopic (exact) mass is 291 g/mol. The van der Waals surface area contributed by atoms with Crippen molar-refractivity contribution in [2.75, 3.05) is 20.1 Å². The van der Waals surface area contributed by atoms with Gasteiger partial charge in [0.2, 0.25) is 11.8 Å². The zero-order valence-corrected chi connectivity index (χ0v) is 13.2. The van der Waals surface area contributed by atoms with Crippen LogP contribution in [0.15, 0.2) is 24.5 Å². The number of hydrogen-bond acceptors (Lipinski definition) is 3. The first-order chi connectivity index (χ1) is 10.0. The number of rotatable bonds is 8. The normalized spacial score (nSPS) is 10.2. The molecule has 0 radical (unpaired) electrons. The fourth-order valence-corrected chi connectivity index (χ4v) is 2.00. The van der Waals surface area contributed by atoms with Crippen LogP contribution in [0.5, 0.6) is 0 Å². The highest BCUT2D eigenvalue weighted by Gasteiger charge is 2.14. The Hall–Kier alpha value is -1.91. The van der Waals surface area contributed by atoms with Gasteiger partial charge in [-0.05, 0) is 24.1 Å². The van der Waals surface area contributed by atoms with Gasteiger partial charge in [0, 0.05) is 52.4 Å². The number of aromatic nitrogens is 1. The molecule has 1 rings (SSSR count).